The van der Waals surface area contributed by atoms with Crippen LogP contribution in [0.5, 0.6) is 0 Å². The molecule has 1 atom stereocenters. The average Bonchev–Trinajstić information content (AvgIpc) is 2.17. The van der Waals surface area contributed by atoms with E-state index in [2.05, 4.69) is 31.3 Å². The van der Waals surface area contributed by atoms with Crippen LogP contribution in [0.2, 0.25) is 0 Å². The van der Waals surface area contributed by atoms with Crippen LogP contribution in [0.3, 0.4) is 0 Å². The Labute approximate surface area is 91.7 Å². The number of carbonyl (C=O) groups excluding carboxylic acids is 1. The monoisotopic (exact) mass is 205 g/mol. The normalized spacial score (nSPS) is 12.5. The minimum Gasteiger partial charge on any atom is -0.350 e. The van der Waals surface area contributed by atoms with Gasteiger partial charge in [0.2, 0.25) is 5.91 Å². The van der Waals surface area contributed by atoms with Crippen LogP contribution in [0.4, 0.5) is 0 Å². The average molecular weight is 205 g/mol. The molecule has 2 nitrogen and oxygen atoms in total. The Morgan fingerprint density at radius 2 is 1.87 bits per heavy atom. The molecule has 0 unspecified atom stereocenters. The van der Waals surface area contributed by atoms with Gasteiger partial charge in [0, 0.05) is 6.92 Å². The predicted molar refractivity (Wildman–Crippen MR) is 62.5 cm³/mol. The lowest BCUT2D eigenvalue weighted by molar-refractivity contribution is -0.119. The highest BCUT2D eigenvalue weighted by Gasteiger charge is 2.13. The van der Waals surface area contributed by atoms with E-state index in [1.807, 2.05) is 18.2 Å². The Balaban J connectivity index is 2.76. The zero-order valence-electron chi connectivity index (χ0n) is 9.66. The highest BCUT2D eigenvalue weighted by molar-refractivity contribution is 5.73. The molecule has 1 rings (SSSR count). The minimum absolute atomic E-state index is 0.0319. The molecule has 0 heterocycles. The zero-order valence-corrected chi connectivity index (χ0v) is 9.66. The zero-order chi connectivity index (χ0) is 11.3. The molecule has 0 aliphatic heterocycles. The van der Waals surface area contributed by atoms with Gasteiger partial charge in [-0.2, -0.15) is 0 Å². The fraction of sp³-hybridized carbons (Fsp3) is 0.462. The number of benzene rings is 1. The summed E-state index contributed by atoms with van der Waals surface area (Å²) in [5.74, 6) is 0.603. The first-order chi connectivity index (χ1) is 7.09. The maximum absolute atomic E-state index is 11.1. The van der Waals surface area contributed by atoms with Gasteiger partial charge < -0.3 is 5.32 Å². The van der Waals surface area contributed by atoms with Gasteiger partial charge in [-0.05, 0) is 17.9 Å². The van der Waals surface area contributed by atoms with E-state index < -0.39 is 0 Å². The summed E-state index contributed by atoms with van der Waals surface area (Å²) in [6.07, 6.45) is 0.976. The molecule has 0 spiro atoms. The highest BCUT2D eigenvalue weighted by Crippen LogP contribution is 2.20. The third kappa shape index (κ3) is 4.15. The third-order valence-electron chi connectivity index (χ3n) is 2.29. The number of hydrogen-bond acceptors (Lipinski definition) is 1. The Hall–Kier alpha value is -1.31. The van der Waals surface area contributed by atoms with E-state index in [0.717, 1.165) is 6.42 Å². The SMILES string of the molecule is CC(=O)N[C@@H](CC(C)C)c1ccccc1. The molecule has 1 amide bonds. The maximum Gasteiger partial charge on any atom is 0.217 e. The van der Waals surface area contributed by atoms with Crippen molar-refractivity contribution in [3.8, 4) is 0 Å². The minimum atomic E-state index is 0.0319. The molecule has 0 fully saturated rings. The molecule has 1 N–H and O–H groups in total. The molecule has 0 radical (unpaired) electrons. The quantitative estimate of drug-likeness (QED) is 0.804. The predicted octanol–water partition coefficient (Wildman–Crippen LogP) is 2.91. The van der Waals surface area contributed by atoms with Gasteiger partial charge in [-0.25, -0.2) is 0 Å². The molecule has 15 heavy (non-hydrogen) atoms. The van der Waals surface area contributed by atoms with E-state index in [0.29, 0.717) is 5.92 Å². The lowest BCUT2D eigenvalue weighted by Gasteiger charge is -2.20. The summed E-state index contributed by atoms with van der Waals surface area (Å²) in [5, 5.41) is 2.99. The Kier molecular flexibility index (Phi) is 4.35. The second-order valence-electron chi connectivity index (χ2n) is 4.29. The molecule has 0 aliphatic rings. The van der Waals surface area contributed by atoms with Gasteiger partial charge in [0.15, 0.2) is 0 Å². The number of rotatable bonds is 4. The first-order valence-corrected chi connectivity index (χ1v) is 5.41. The summed E-state index contributed by atoms with van der Waals surface area (Å²) < 4.78 is 0. The number of nitrogens with one attached hydrogen (secondary N) is 1. The largest absolute Gasteiger partial charge is 0.350 e. The molecule has 2 heteroatoms. The van der Waals surface area contributed by atoms with Crippen molar-refractivity contribution in [1.29, 1.82) is 0 Å². The van der Waals surface area contributed by atoms with Crippen molar-refractivity contribution in [1.82, 2.24) is 5.32 Å². The van der Waals surface area contributed by atoms with Crippen molar-refractivity contribution in [2.24, 2.45) is 5.92 Å². The standard InChI is InChI=1S/C13H19NO/c1-10(2)9-13(14-11(3)15)12-7-5-4-6-8-12/h4-8,10,13H,9H2,1-3H3,(H,14,15)/t13-/m0/s1. The molecule has 0 saturated heterocycles. The molecule has 82 valence electrons. The summed E-state index contributed by atoms with van der Waals surface area (Å²) in [6.45, 7) is 5.89. The van der Waals surface area contributed by atoms with Gasteiger partial charge in [-0.1, -0.05) is 44.2 Å². The van der Waals surface area contributed by atoms with Crippen molar-refractivity contribution in [2.75, 3.05) is 0 Å². The summed E-state index contributed by atoms with van der Waals surface area (Å²) in [5.41, 5.74) is 1.18. The van der Waals surface area contributed by atoms with Gasteiger partial charge in [-0.3, -0.25) is 4.79 Å². The molecular weight excluding hydrogens is 186 g/mol. The molecule has 0 saturated carbocycles. The van der Waals surface area contributed by atoms with Gasteiger partial charge in [0.25, 0.3) is 0 Å². The smallest absolute Gasteiger partial charge is 0.217 e. The maximum atomic E-state index is 11.1. The van der Waals surface area contributed by atoms with Gasteiger partial charge in [-0.15, -0.1) is 0 Å². The second-order valence-corrected chi connectivity index (χ2v) is 4.29. The van der Waals surface area contributed by atoms with Crippen LogP contribution in [0.15, 0.2) is 30.3 Å². The first-order valence-electron chi connectivity index (χ1n) is 5.41. The van der Waals surface area contributed by atoms with E-state index in [1.165, 1.54) is 5.56 Å². The van der Waals surface area contributed by atoms with E-state index in [9.17, 15) is 4.79 Å². The molecular formula is C13H19NO. The van der Waals surface area contributed by atoms with Crippen LogP contribution in [-0.4, -0.2) is 5.91 Å². The van der Waals surface area contributed by atoms with Crippen LogP contribution in [-0.2, 0) is 4.79 Å². The fourth-order valence-corrected chi connectivity index (χ4v) is 1.68. The van der Waals surface area contributed by atoms with Crippen LogP contribution < -0.4 is 5.32 Å². The van der Waals surface area contributed by atoms with Gasteiger partial charge >= 0.3 is 0 Å². The summed E-state index contributed by atoms with van der Waals surface area (Å²) in [6, 6.07) is 10.3. The van der Waals surface area contributed by atoms with E-state index in [1.54, 1.807) is 6.92 Å². The van der Waals surface area contributed by atoms with Crippen LogP contribution in [0.1, 0.15) is 38.8 Å². The number of carbonyl (C=O) groups is 1. The van der Waals surface area contributed by atoms with Crippen LogP contribution in [0, 0.1) is 5.92 Å². The van der Waals surface area contributed by atoms with Crippen molar-refractivity contribution < 1.29 is 4.79 Å². The first kappa shape index (κ1) is 11.8. The number of amides is 1. The fourth-order valence-electron chi connectivity index (χ4n) is 1.68. The van der Waals surface area contributed by atoms with Gasteiger partial charge in [0.1, 0.15) is 0 Å². The van der Waals surface area contributed by atoms with E-state index >= 15 is 0 Å². The topological polar surface area (TPSA) is 29.1 Å². The highest BCUT2D eigenvalue weighted by atomic mass is 16.1. The summed E-state index contributed by atoms with van der Waals surface area (Å²) in [4.78, 5) is 11.1. The van der Waals surface area contributed by atoms with E-state index in [4.69, 9.17) is 0 Å². The van der Waals surface area contributed by atoms with Crippen molar-refractivity contribution in [2.45, 2.75) is 33.2 Å². The summed E-state index contributed by atoms with van der Waals surface area (Å²) in [7, 11) is 0. The molecule has 0 bridgehead atoms. The molecule has 0 aromatic heterocycles. The van der Waals surface area contributed by atoms with Crippen molar-refractivity contribution in [3.05, 3.63) is 35.9 Å². The summed E-state index contributed by atoms with van der Waals surface area (Å²) >= 11 is 0. The Morgan fingerprint density at radius 3 is 2.33 bits per heavy atom. The molecule has 1 aromatic carbocycles. The Morgan fingerprint density at radius 1 is 1.27 bits per heavy atom. The lowest BCUT2D eigenvalue weighted by Crippen LogP contribution is -2.27. The second kappa shape index (κ2) is 5.54. The third-order valence-corrected chi connectivity index (χ3v) is 2.29. The van der Waals surface area contributed by atoms with Gasteiger partial charge in [0.05, 0.1) is 6.04 Å². The van der Waals surface area contributed by atoms with Crippen LogP contribution in [0.25, 0.3) is 0 Å². The van der Waals surface area contributed by atoms with Crippen molar-refractivity contribution >= 4 is 5.91 Å². The lowest BCUT2D eigenvalue weighted by atomic mass is 9.97. The van der Waals surface area contributed by atoms with E-state index in [-0.39, 0.29) is 11.9 Å². The molecule has 0 aliphatic carbocycles. The van der Waals surface area contributed by atoms with Crippen molar-refractivity contribution in [3.63, 3.8) is 0 Å². The van der Waals surface area contributed by atoms with Crippen LogP contribution >= 0.6 is 0 Å². The number of hydrogen-bond donors (Lipinski definition) is 1. The Bertz CT molecular complexity index is 306. The molecule has 1 aromatic rings.